The average Bonchev–Trinajstić information content (AvgIpc) is 3.87. The van der Waals surface area contributed by atoms with Crippen molar-refractivity contribution in [2.45, 2.75) is 96.6 Å². The zero-order valence-corrected chi connectivity index (χ0v) is 34.5. The highest BCUT2D eigenvalue weighted by Crippen LogP contribution is 2.34. The van der Waals surface area contributed by atoms with Gasteiger partial charge < -0.3 is 20.4 Å². The van der Waals surface area contributed by atoms with Gasteiger partial charge in [0.05, 0.1) is 28.6 Å². The number of ketones is 1. The molecule has 0 radical (unpaired) electrons. The van der Waals surface area contributed by atoms with Gasteiger partial charge in [-0.1, -0.05) is 31.7 Å². The maximum atomic E-state index is 13.6. The van der Waals surface area contributed by atoms with Crippen LogP contribution in [-0.2, 0) is 14.4 Å². The number of imide groups is 2. The minimum absolute atomic E-state index is 0.0112. The third-order valence-corrected chi connectivity index (χ3v) is 12.3. The van der Waals surface area contributed by atoms with Crippen molar-refractivity contribution in [3.8, 4) is 0 Å². The van der Waals surface area contributed by atoms with Crippen LogP contribution in [0.25, 0.3) is 11.0 Å². The summed E-state index contributed by atoms with van der Waals surface area (Å²) in [5.74, 6) is -1.38. The van der Waals surface area contributed by atoms with Crippen LogP contribution in [0.4, 0.5) is 23.1 Å². The molecule has 3 fully saturated rings. The van der Waals surface area contributed by atoms with Gasteiger partial charge in [-0.25, -0.2) is 9.97 Å². The molecule has 318 valence electrons. The Kier molecular flexibility index (Phi) is 11.9. The van der Waals surface area contributed by atoms with Crippen molar-refractivity contribution in [1.29, 1.82) is 0 Å². The molecule has 61 heavy (non-hydrogen) atoms. The van der Waals surface area contributed by atoms with Gasteiger partial charge in [0.2, 0.25) is 23.7 Å². The Hall–Kier alpha value is -6.52. The van der Waals surface area contributed by atoms with Gasteiger partial charge in [0.25, 0.3) is 17.4 Å². The lowest BCUT2D eigenvalue weighted by Crippen LogP contribution is -2.54. The molecule has 1 aromatic carbocycles. The van der Waals surface area contributed by atoms with E-state index in [1.165, 1.54) is 6.92 Å². The third-order valence-electron chi connectivity index (χ3n) is 12.3. The van der Waals surface area contributed by atoms with Gasteiger partial charge >= 0.3 is 0 Å². The van der Waals surface area contributed by atoms with Crippen molar-refractivity contribution in [3.05, 3.63) is 75.3 Å². The van der Waals surface area contributed by atoms with Gasteiger partial charge in [0.1, 0.15) is 17.5 Å². The lowest BCUT2D eigenvalue weighted by atomic mass is 10.0. The summed E-state index contributed by atoms with van der Waals surface area (Å²) >= 11 is 0. The summed E-state index contributed by atoms with van der Waals surface area (Å²) < 4.78 is 1.69. The highest BCUT2D eigenvalue weighted by atomic mass is 16.2. The first-order valence-corrected chi connectivity index (χ1v) is 21.3. The Morgan fingerprint density at radius 3 is 2.36 bits per heavy atom. The van der Waals surface area contributed by atoms with Crippen LogP contribution in [0.1, 0.15) is 120 Å². The van der Waals surface area contributed by atoms with Crippen LogP contribution < -0.4 is 26.4 Å². The fraction of sp³-hybridized carbons (Fsp3) is 0.455. The van der Waals surface area contributed by atoms with E-state index in [0.29, 0.717) is 73.2 Å². The number of unbranched alkanes of at least 4 members (excludes halogenated alkanes) is 3. The third kappa shape index (κ3) is 8.32. The van der Waals surface area contributed by atoms with Gasteiger partial charge in [0.15, 0.2) is 5.78 Å². The largest absolute Gasteiger partial charge is 0.384 e. The minimum atomic E-state index is -1.01. The Balaban J connectivity index is 0.772. The van der Waals surface area contributed by atoms with Crippen molar-refractivity contribution in [1.82, 2.24) is 34.6 Å². The summed E-state index contributed by atoms with van der Waals surface area (Å²) in [5, 5.41) is 9.36. The second-order valence-electron chi connectivity index (χ2n) is 16.3. The van der Waals surface area contributed by atoms with Crippen LogP contribution in [0.5, 0.6) is 0 Å². The molecule has 4 aromatic rings. The topological polar surface area (TPSA) is 209 Å². The standard InChI is InChI=1S/C44H50N10O7/c1-26-31-25-47-44(50-39(31)53(28-10-6-7-11-28)42(60)37(26)27(2)55)48-34-17-15-29(24-46-34)51-20-22-52(23-21-51)36(57)14-5-3-4-8-19-45-32-13-9-12-30-38(32)43(61)54(41(30)59)33-16-18-35(56)49-40(33)58/h9,12-13,15,17,24-25,28,33,45H,3-8,10-11,14,16,18-23H2,1-2H3,(H,49,56,58)(H,46,47,48,50). The summed E-state index contributed by atoms with van der Waals surface area (Å²) in [6.07, 6.45) is 11.2. The molecule has 1 unspecified atom stereocenters. The summed E-state index contributed by atoms with van der Waals surface area (Å²) in [7, 11) is 0. The minimum Gasteiger partial charge on any atom is -0.384 e. The number of benzene rings is 1. The first-order valence-electron chi connectivity index (χ1n) is 21.3. The lowest BCUT2D eigenvalue weighted by molar-refractivity contribution is -0.136. The molecule has 17 heteroatoms. The van der Waals surface area contributed by atoms with Crippen molar-refractivity contribution in [2.75, 3.05) is 48.3 Å². The Morgan fingerprint density at radius 2 is 1.64 bits per heavy atom. The van der Waals surface area contributed by atoms with E-state index in [4.69, 9.17) is 4.98 Å². The number of nitrogens with zero attached hydrogens (tertiary/aromatic N) is 7. The van der Waals surface area contributed by atoms with E-state index in [-0.39, 0.29) is 52.8 Å². The number of Topliss-reactive ketones (excluding diaryl/α,β-unsaturated/α-hetero) is 1. The number of amides is 5. The molecule has 4 aliphatic rings. The number of carbonyl (C=O) groups excluding carboxylic acids is 6. The summed E-state index contributed by atoms with van der Waals surface area (Å²) in [6.45, 7) is 6.37. The van der Waals surface area contributed by atoms with Crippen molar-refractivity contribution in [2.24, 2.45) is 0 Å². The number of nitrogens with one attached hydrogen (secondary N) is 3. The maximum absolute atomic E-state index is 13.6. The number of anilines is 4. The number of hydrogen-bond donors (Lipinski definition) is 3. The number of piperazine rings is 1. The number of carbonyl (C=O) groups is 6. The van der Waals surface area contributed by atoms with Gasteiger partial charge in [-0.2, -0.15) is 4.98 Å². The molecule has 1 saturated carbocycles. The first-order chi connectivity index (χ1) is 29.5. The maximum Gasteiger partial charge on any atom is 0.264 e. The first kappa shape index (κ1) is 41.2. The zero-order chi connectivity index (χ0) is 42.8. The molecule has 17 nitrogen and oxygen atoms in total. The number of pyridine rings is 2. The van der Waals surface area contributed by atoms with Gasteiger partial charge in [-0.15, -0.1) is 0 Å². The quantitative estimate of drug-likeness (QED) is 0.0898. The molecule has 5 amide bonds. The molecule has 8 rings (SSSR count). The summed E-state index contributed by atoms with van der Waals surface area (Å²) in [6, 6.07) is 7.83. The molecular formula is C44H50N10O7. The van der Waals surface area contributed by atoms with Crippen molar-refractivity contribution >= 4 is 69.5 Å². The monoisotopic (exact) mass is 830 g/mol. The molecule has 3 aromatic heterocycles. The second-order valence-corrected chi connectivity index (χ2v) is 16.3. The number of fused-ring (bicyclic) bond motifs is 2. The zero-order valence-electron chi connectivity index (χ0n) is 34.5. The molecule has 3 N–H and O–H groups in total. The lowest BCUT2D eigenvalue weighted by Gasteiger charge is -2.36. The molecule has 0 spiro atoms. The van der Waals surface area contributed by atoms with Crippen LogP contribution >= 0.6 is 0 Å². The highest BCUT2D eigenvalue weighted by molar-refractivity contribution is 6.25. The fourth-order valence-corrected chi connectivity index (χ4v) is 9.08. The number of piperidine rings is 1. The number of rotatable bonds is 14. The number of hydrogen-bond acceptors (Lipinski definition) is 13. The average molecular weight is 831 g/mol. The smallest absolute Gasteiger partial charge is 0.264 e. The number of aromatic nitrogens is 4. The fourth-order valence-electron chi connectivity index (χ4n) is 9.08. The molecule has 6 heterocycles. The summed E-state index contributed by atoms with van der Waals surface area (Å²) in [4.78, 5) is 108. The summed E-state index contributed by atoms with van der Waals surface area (Å²) in [5.41, 5.74) is 2.98. The van der Waals surface area contributed by atoms with Crippen LogP contribution in [0.2, 0.25) is 0 Å². The van der Waals surface area contributed by atoms with Crippen LogP contribution in [0.15, 0.2) is 47.5 Å². The van der Waals surface area contributed by atoms with Gasteiger partial charge in [-0.05, 0) is 75.8 Å². The van der Waals surface area contributed by atoms with E-state index in [9.17, 15) is 33.6 Å². The van der Waals surface area contributed by atoms with E-state index in [2.05, 4.69) is 30.8 Å². The Bertz CT molecular complexity index is 2470. The molecular weight excluding hydrogens is 781 g/mol. The SMILES string of the molecule is CC(=O)c1c(C)c2cnc(Nc3ccc(N4CCN(C(=O)CCCCCCNc5cccc6c5C(=O)N(C5CCC(=O)NC5=O)C6=O)CC4)cn3)nc2n(C2CCCC2)c1=O. The molecule has 2 saturated heterocycles. The van der Waals surface area contributed by atoms with Crippen LogP contribution in [0, 0.1) is 6.92 Å². The Morgan fingerprint density at radius 1 is 0.869 bits per heavy atom. The second kappa shape index (κ2) is 17.6. The molecule has 1 atom stereocenters. The van der Waals surface area contributed by atoms with Crippen molar-refractivity contribution in [3.63, 3.8) is 0 Å². The van der Waals surface area contributed by atoms with Crippen LogP contribution in [-0.4, -0.2) is 103 Å². The normalized spacial score (nSPS) is 18.2. The Labute approximate surface area is 352 Å². The van der Waals surface area contributed by atoms with E-state index in [1.807, 2.05) is 17.0 Å². The number of aryl methyl sites for hydroxylation is 1. The van der Waals surface area contributed by atoms with E-state index in [1.54, 1.807) is 42.1 Å². The highest BCUT2D eigenvalue weighted by Gasteiger charge is 2.45. The van der Waals surface area contributed by atoms with E-state index in [0.717, 1.165) is 62.0 Å². The van der Waals surface area contributed by atoms with Gasteiger partial charge in [-0.3, -0.25) is 48.3 Å². The van der Waals surface area contributed by atoms with Crippen LogP contribution in [0.3, 0.4) is 0 Å². The van der Waals surface area contributed by atoms with E-state index >= 15 is 0 Å². The predicted octanol–water partition coefficient (Wildman–Crippen LogP) is 4.67. The van der Waals surface area contributed by atoms with Gasteiger partial charge in [0, 0.05) is 68.9 Å². The molecule has 0 bridgehead atoms. The molecule has 1 aliphatic carbocycles. The molecule has 3 aliphatic heterocycles. The van der Waals surface area contributed by atoms with Crippen molar-refractivity contribution < 1.29 is 28.8 Å². The van der Waals surface area contributed by atoms with E-state index < -0.39 is 29.7 Å². The predicted molar refractivity (Wildman–Crippen MR) is 227 cm³/mol.